The van der Waals surface area contributed by atoms with Crippen LogP contribution in [0.5, 0.6) is 0 Å². The van der Waals surface area contributed by atoms with E-state index in [2.05, 4.69) is 174 Å². The molecule has 3 aromatic heterocycles. The smallest absolute Gasteiger partial charge is 0.0723 e. The maximum absolute atomic E-state index is 4.96. The van der Waals surface area contributed by atoms with E-state index in [1.807, 2.05) is 17.5 Å². The molecule has 0 aliphatic carbocycles. The molecule has 7 aromatic carbocycles. The van der Waals surface area contributed by atoms with Gasteiger partial charge >= 0.3 is 0 Å². The van der Waals surface area contributed by atoms with E-state index in [1.54, 1.807) is 0 Å². The second-order valence-corrected chi connectivity index (χ2v) is 17.6. The fraction of sp³-hybridized carbons (Fsp3) is 0.163. The van der Waals surface area contributed by atoms with Gasteiger partial charge in [-0.2, -0.15) is 0 Å². The van der Waals surface area contributed by atoms with Crippen molar-refractivity contribution < 1.29 is 0 Å². The number of rotatable bonds is 2. The van der Waals surface area contributed by atoms with E-state index >= 15 is 0 Å². The van der Waals surface area contributed by atoms with Crippen molar-refractivity contribution in [2.45, 2.75) is 52.4 Å². The van der Waals surface area contributed by atoms with Crippen LogP contribution < -0.4 is 0 Å². The van der Waals surface area contributed by atoms with Crippen molar-refractivity contribution in [1.29, 1.82) is 0 Å². The van der Waals surface area contributed by atoms with E-state index in [9.17, 15) is 0 Å². The van der Waals surface area contributed by atoms with Crippen molar-refractivity contribution in [2.24, 2.45) is 0 Å². The SMILES string of the molecule is CC(C)(C)c1ccc2c(c1)c1cc(C(C)(C)C)ccc1n2-c1ccnc(-c2ccc3sc4cc5c6ccccc6c6ccccc6c5cc4c3c2)c1. The van der Waals surface area contributed by atoms with Crippen molar-refractivity contribution in [1.82, 2.24) is 9.55 Å². The summed E-state index contributed by atoms with van der Waals surface area (Å²) < 4.78 is 5.04. The first kappa shape index (κ1) is 31.2. The minimum atomic E-state index is 0.0612. The minimum absolute atomic E-state index is 0.0612. The van der Waals surface area contributed by atoms with Crippen molar-refractivity contribution >= 4 is 85.6 Å². The molecule has 0 spiro atoms. The molecule has 3 heterocycles. The number of hydrogen-bond acceptors (Lipinski definition) is 2. The number of aromatic nitrogens is 2. The van der Waals surface area contributed by atoms with Crippen molar-refractivity contribution in [2.75, 3.05) is 0 Å². The van der Waals surface area contributed by atoms with Crippen LogP contribution in [0.4, 0.5) is 0 Å². The van der Waals surface area contributed by atoms with Crippen LogP contribution >= 0.6 is 11.3 Å². The predicted octanol–water partition coefficient (Wildman–Crippen LogP) is 14.3. The lowest BCUT2D eigenvalue weighted by Crippen LogP contribution is -2.10. The van der Waals surface area contributed by atoms with Crippen LogP contribution in [0, 0.1) is 0 Å². The highest BCUT2D eigenvalue weighted by Gasteiger charge is 2.21. The molecular weight excluding hydrogens is 649 g/mol. The summed E-state index contributed by atoms with van der Waals surface area (Å²) in [6.07, 6.45) is 1.97. The number of nitrogens with zero attached hydrogens (tertiary/aromatic N) is 2. The maximum Gasteiger partial charge on any atom is 0.0723 e. The van der Waals surface area contributed by atoms with Gasteiger partial charge in [-0.25, -0.2) is 0 Å². The molecule has 2 nitrogen and oxygen atoms in total. The van der Waals surface area contributed by atoms with Crippen molar-refractivity contribution in [3.05, 3.63) is 145 Å². The van der Waals surface area contributed by atoms with Gasteiger partial charge in [0.05, 0.1) is 16.7 Å². The average molecular weight is 689 g/mol. The molecule has 0 fully saturated rings. The molecule has 0 aliphatic heterocycles. The topological polar surface area (TPSA) is 17.8 Å². The van der Waals surface area contributed by atoms with Gasteiger partial charge in [-0.15, -0.1) is 11.3 Å². The van der Waals surface area contributed by atoms with Crippen molar-refractivity contribution in [3.8, 4) is 16.9 Å². The van der Waals surface area contributed by atoms with Crippen LogP contribution in [-0.4, -0.2) is 9.55 Å². The quantitative estimate of drug-likeness (QED) is 0.165. The summed E-state index contributed by atoms with van der Waals surface area (Å²) in [5.74, 6) is 0. The van der Waals surface area contributed by atoms with E-state index in [1.165, 1.54) is 85.4 Å². The molecule has 3 heteroatoms. The fourth-order valence-corrected chi connectivity index (χ4v) is 9.39. The van der Waals surface area contributed by atoms with E-state index in [-0.39, 0.29) is 10.8 Å². The maximum atomic E-state index is 4.96. The Labute approximate surface area is 308 Å². The van der Waals surface area contributed by atoms with E-state index in [4.69, 9.17) is 4.98 Å². The third-order valence-electron chi connectivity index (χ3n) is 11.1. The van der Waals surface area contributed by atoms with Crippen LogP contribution in [0.25, 0.3) is 91.2 Å². The van der Waals surface area contributed by atoms with Gasteiger partial charge in [0, 0.05) is 48.4 Å². The molecule has 0 amide bonds. The molecule has 0 saturated carbocycles. The number of thiophene rings is 1. The van der Waals surface area contributed by atoms with Gasteiger partial charge in [-0.3, -0.25) is 4.98 Å². The van der Waals surface area contributed by atoms with Crippen LogP contribution in [-0.2, 0) is 10.8 Å². The second kappa shape index (κ2) is 11.0. The van der Waals surface area contributed by atoms with Crippen LogP contribution in [0.3, 0.4) is 0 Å². The summed E-state index contributed by atoms with van der Waals surface area (Å²) >= 11 is 1.88. The monoisotopic (exact) mass is 688 g/mol. The zero-order valence-electron chi connectivity index (χ0n) is 30.5. The zero-order valence-corrected chi connectivity index (χ0v) is 31.3. The molecule has 52 heavy (non-hydrogen) atoms. The van der Waals surface area contributed by atoms with Gasteiger partial charge in [-0.1, -0.05) is 108 Å². The lowest BCUT2D eigenvalue weighted by Gasteiger charge is -2.19. The Morgan fingerprint density at radius 1 is 0.442 bits per heavy atom. The molecule has 10 aromatic rings. The molecule has 0 saturated heterocycles. The Balaban J connectivity index is 1.16. The first-order chi connectivity index (χ1) is 25.0. The van der Waals surface area contributed by atoms with E-state index < -0.39 is 0 Å². The zero-order chi connectivity index (χ0) is 35.5. The van der Waals surface area contributed by atoms with E-state index in [0.29, 0.717) is 0 Å². The number of pyridine rings is 1. The molecule has 0 bridgehead atoms. The number of hydrogen-bond donors (Lipinski definition) is 0. The molecule has 10 rings (SSSR count). The molecule has 252 valence electrons. The van der Waals surface area contributed by atoms with Gasteiger partial charge in [-0.05, 0) is 115 Å². The number of fused-ring (bicyclic) bond motifs is 12. The van der Waals surface area contributed by atoms with Crippen LogP contribution in [0.1, 0.15) is 52.7 Å². The third-order valence-corrected chi connectivity index (χ3v) is 12.3. The summed E-state index contributed by atoms with van der Waals surface area (Å²) in [6, 6.07) is 47.9. The molecule has 0 atom stereocenters. The normalized spacial score (nSPS) is 12.8. The number of benzene rings is 7. The summed E-state index contributed by atoms with van der Waals surface area (Å²) in [5.41, 5.74) is 8.48. The van der Waals surface area contributed by atoms with Crippen molar-refractivity contribution in [3.63, 3.8) is 0 Å². The van der Waals surface area contributed by atoms with Crippen LogP contribution in [0.2, 0.25) is 0 Å². The molecule has 0 radical (unpaired) electrons. The predicted molar refractivity (Wildman–Crippen MR) is 227 cm³/mol. The Bertz CT molecular complexity index is 3020. The Morgan fingerprint density at radius 3 is 1.56 bits per heavy atom. The molecule has 0 aliphatic rings. The van der Waals surface area contributed by atoms with E-state index in [0.717, 1.165) is 16.9 Å². The third kappa shape index (κ3) is 4.72. The Morgan fingerprint density at radius 2 is 0.981 bits per heavy atom. The highest BCUT2D eigenvalue weighted by molar-refractivity contribution is 7.25. The lowest BCUT2D eigenvalue weighted by molar-refractivity contribution is 0.590. The minimum Gasteiger partial charge on any atom is -0.309 e. The molecular formula is C49H40N2S. The summed E-state index contributed by atoms with van der Waals surface area (Å²) in [6.45, 7) is 13.8. The van der Waals surface area contributed by atoms with Crippen LogP contribution in [0.15, 0.2) is 134 Å². The summed E-state index contributed by atoms with van der Waals surface area (Å²) in [7, 11) is 0. The second-order valence-electron chi connectivity index (χ2n) is 16.5. The fourth-order valence-electron chi connectivity index (χ4n) is 8.28. The van der Waals surface area contributed by atoms with Gasteiger partial charge in [0.1, 0.15) is 0 Å². The molecule has 0 N–H and O–H groups in total. The average Bonchev–Trinajstić information content (AvgIpc) is 3.67. The van der Waals surface area contributed by atoms with Gasteiger partial charge in [0.15, 0.2) is 0 Å². The molecule has 0 unspecified atom stereocenters. The van der Waals surface area contributed by atoms with Gasteiger partial charge in [0.25, 0.3) is 0 Å². The Kier molecular flexibility index (Phi) is 6.61. The summed E-state index contributed by atoms with van der Waals surface area (Å²) in [4.78, 5) is 4.96. The highest BCUT2D eigenvalue weighted by Crippen LogP contribution is 2.43. The first-order valence-electron chi connectivity index (χ1n) is 18.3. The highest BCUT2D eigenvalue weighted by atomic mass is 32.1. The first-order valence-corrected chi connectivity index (χ1v) is 19.1. The van der Waals surface area contributed by atoms with Gasteiger partial charge in [0.2, 0.25) is 0 Å². The Hall–Kier alpha value is -5.51. The lowest BCUT2D eigenvalue weighted by atomic mass is 9.85. The largest absolute Gasteiger partial charge is 0.309 e. The standard InChI is InChI=1S/C49H40N2S/c1-48(2,3)30-16-18-44-39(24-30)40-25-31(49(4,5)6)17-19-45(40)51(44)32-21-22-50-43(26-32)29-15-20-46-41(23-29)42-27-37-35-13-9-7-11-33(35)34-12-8-10-14-36(34)38(37)28-47(42)52-46/h7-28H,1-6H3. The summed E-state index contributed by atoms with van der Waals surface area (Å²) in [5, 5.41) is 13.0. The van der Waals surface area contributed by atoms with Gasteiger partial charge < -0.3 is 4.57 Å².